The molecule has 0 bridgehead atoms. The standard InChI is InChI=1S/C11H21NO/c1-13-7-3-6-10(12)11-8-4-2-5-9(8)11/h8-11H,2-7,12H2,1H3. The Balaban J connectivity index is 1.65. The van der Waals surface area contributed by atoms with E-state index < -0.39 is 0 Å². The molecule has 0 aromatic carbocycles. The second-order valence-electron chi connectivity index (χ2n) is 4.63. The normalized spacial score (nSPS) is 38.8. The van der Waals surface area contributed by atoms with Crippen LogP contribution in [0.15, 0.2) is 0 Å². The summed E-state index contributed by atoms with van der Waals surface area (Å²) >= 11 is 0. The van der Waals surface area contributed by atoms with Crippen LogP contribution in [0, 0.1) is 17.8 Å². The summed E-state index contributed by atoms with van der Waals surface area (Å²) in [6, 6.07) is 0.463. The van der Waals surface area contributed by atoms with Gasteiger partial charge in [0.2, 0.25) is 0 Å². The van der Waals surface area contributed by atoms with Gasteiger partial charge in [-0.25, -0.2) is 0 Å². The van der Waals surface area contributed by atoms with E-state index in [1.54, 1.807) is 7.11 Å². The van der Waals surface area contributed by atoms with Crippen LogP contribution in [-0.2, 0) is 4.74 Å². The van der Waals surface area contributed by atoms with Crippen molar-refractivity contribution < 1.29 is 4.74 Å². The second-order valence-corrected chi connectivity index (χ2v) is 4.63. The van der Waals surface area contributed by atoms with Crippen LogP contribution in [0.4, 0.5) is 0 Å². The maximum Gasteiger partial charge on any atom is 0.0462 e. The maximum atomic E-state index is 6.15. The first-order valence-corrected chi connectivity index (χ1v) is 5.59. The summed E-state index contributed by atoms with van der Waals surface area (Å²) in [7, 11) is 1.76. The lowest BCUT2D eigenvalue weighted by Gasteiger charge is -2.12. The number of hydrogen-bond acceptors (Lipinski definition) is 2. The summed E-state index contributed by atoms with van der Waals surface area (Å²) in [5, 5.41) is 0. The van der Waals surface area contributed by atoms with E-state index in [0.717, 1.165) is 37.2 Å². The average Bonchev–Trinajstić information content (AvgIpc) is 2.61. The zero-order valence-electron chi connectivity index (χ0n) is 8.54. The maximum absolute atomic E-state index is 6.15. The molecule has 0 aromatic heterocycles. The van der Waals surface area contributed by atoms with Crippen LogP contribution in [0.5, 0.6) is 0 Å². The summed E-state index contributed by atoms with van der Waals surface area (Å²) in [6.45, 7) is 0.871. The molecule has 0 amide bonds. The highest BCUT2D eigenvalue weighted by Crippen LogP contribution is 2.59. The minimum Gasteiger partial charge on any atom is -0.385 e. The van der Waals surface area contributed by atoms with Crippen LogP contribution in [0.1, 0.15) is 32.1 Å². The fraction of sp³-hybridized carbons (Fsp3) is 1.00. The summed E-state index contributed by atoms with van der Waals surface area (Å²) in [6.07, 6.45) is 6.65. The van der Waals surface area contributed by atoms with Gasteiger partial charge in [-0.15, -0.1) is 0 Å². The molecule has 2 nitrogen and oxygen atoms in total. The minimum atomic E-state index is 0.463. The third-order valence-electron chi connectivity index (χ3n) is 3.85. The van der Waals surface area contributed by atoms with Crippen molar-refractivity contribution >= 4 is 0 Å². The summed E-state index contributed by atoms with van der Waals surface area (Å²) in [5.74, 6) is 2.90. The molecule has 3 unspecified atom stereocenters. The fourth-order valence-electron chi connectivity index (χ4n) is 3.17. The molecule has 2 fully saturated rings. The highest BCUT2D eigenvalue weighted by atomic mass is 16.5. The lowest BCUT2D eigenvalue weighted by atomic mass is 10.0. The highest BCUT2D eigenvalue weighted by molar-refractivity contribution is 5.05. The lowest BCUT2D eigenvalue weighted by Crippen LogP contribution is -2.25. The number of ether oxygens (including phenoxy) is 1. The molecule has 2 heteroatoms. The number of methoxy groups -OCH3 is 1. The fourth-order valence-corrected chi connectivity index (χ4v) is 3.17. The molecular formula is C11H21NO. The lowest BCUT2D eigenvalue weighted by molar-refractivity contribution is 0.188. The predicted molar refractivity (Wildman–Crippen MR) is 53.4 cm³/mol. The van der Waals surface area contributed by atoms with Crippen molar-refractivity contribution in [1.29, 1.82) is 0 Å². The van der Waals surface area contributed by atoms with Crippen molar-refractivity contribution in [2.24, 2.45) is 23.5 Å². The Morgan fingerprint density at radius 3 is 2.69 bits per heavy atom. The molecule has 76 valence electrons. The second kappa shape index (κ2) is 3.97. The first-order valence-electron chi connectivity index (χ1n) is 5.59. The minimum absolute atomic E-state index is 0.463. The van der Waals surface area contributed by atoms with Gasteiger partial charge in [-0.2, -0.15) is 0 Å². The molecule has 2 rings (SSSR count). The van der Waals surface area contributed by atoms with Crippen LogP contribution in [0.25, 0.3) is 0 Å². The molecule has 3 atom stereocenters. The Kier molecular flexibility index (Phi) is 2.89. The number of rotatable bonds is 5. The monoisotopic (exact) mass is 183 g/mol. The van der Waals surface area contributed by atoms with Crippen LogP contribution in [0.3, 0.4) is 0 Å². The van der Waals surface area contributed by atoms with Gasteiger partial charge in [-0.3, -0.25) is 0 Å². The zero-order valence-corrected chi connectivity index (χ0v) is 8.54. The first-order chi connectivity index (χ1) is 6.34. The van der Waals surface area contributed by atoms with Gasteiger partial charge in [-0.05, 0) is 43.4 Å². The quantitative estimate of drug-likeness (QED) is 0.659. The van der Waals surface area contributed by atoms with E-state index in [1.807, 2.05) is 0 Å². The van der Waals surface area contributed by atoms with Crippen molar-refractivity contribution in [3.05, 3.63) is 0 Å². The topological polar surface area (TPSA) is 35.2 Å². The molecule has 2 saturated carbocycles. The van der Waals surface area contributed by atoms with E-state index in [9.17, 15) is 0 Å². The van der Waals surface area contributed by atoms with Crippen LogP contribution >= 0.6 is 0 Å². The SMILES string of the molecule is COCCCC(N)C1C2CCCC21. The molecule has 13 heavy (non-hydrogen) atoms. The molecule has 2 N–H and O–H groups in total. The number of hydrogen-bond donors (Lipinski definition) is 1. The van der Waals surface area contributed by atoms with Gasteiger partial charge >= 0.3 is 0 Å². The van der Waals surface area contributed by atoms with Crippen molar-refractivity contribution in [1.82, 2.24) is 0 Å². The van der Waals surface area contributed by atoms with Gasteiger partial charge in [0.1, 0.15) is 0 Å². The van der Waals surface area contributed by atoms with E-state index in [2.05, 4.69) is 0 Å². The van der Waals surface area contributed by atoms with Crippen LogP contribution in [0.2, 0.25) is 0 Å². The molecular weight excluding hydrogens is 162 g/mol. The number of nitrogens with two attached hydrogens (primary N) is 1. The average molecular weight is 183 g/mol. The van der Waals surface area contributed by atoms with Crippen molar-refractivity contribution in [2.45, 2.75) is 38.1 Å². The molecule has 0 aliphatic heterocycles. The molecule has 2 aliphatic carbocycles. The molecule has 0 heterocycles. The third kappa shape index (κ3) is 1.89. The predicted octanol–water partition coefficient (Wildman–Crippen LogP) is 1.79. The summed E-state index contributed by atoms with van der Waals surface area (Å²) < 4.78 is 5.03. The summed E-state index contributed by atoms with van der Waals surface area (Å²) in [4.78, 5) is 0. The van der Waals surface area contributed by atoms with Gasteiger partial charge in [0, 0.05) is 19.8 Å². The Labute approximate surface area is 80.8 Å². The van der Waals surface area contributed by atoms with Crippen molar-refractivity contribution in [2.75, 3.05) is 13.7 Å². The first kappa shape index (κ1) is 9.47. The zero-order chi connectivity index (χ0) is 9.26. The molecule has 0 radical (unpaired) electrons. The van der Waals surface area contributed by atoms with E-state index >= 15 is 0 Å². The van der Waals surface area contributed by atoms with Gasteiger partial charge < -0.3 is 10.5 Å². The van der Waals surface area contributed by atoms with Crippen molar-refractivity contribution in [3.63, 3.8) is 0 Å². The van der Waals surface area contributed by atoms with Crippen molar-refractivity contribution in [3.8, 4) is 0 Å². The number of fused-ring (bicyclic) bond motifs is 1. The Hall–Kier alpha value is -0.0800. The van der Waals surface area contributed by atoms with E-state index in [0.29, 0.717) is 6.04 Å². The summed E-state index contributed by atoms with van der Waals surface area (Å²) in [5.41, 5.74) is 6.15. The van der Waals surface area contributed by atoms with Gasteiger partial charge in [-0.1, -0.05) is 6.42 Å². The van der Waals surface area contributed by atoms with E-state index in [-0.39, 0.29) is 0 Å². The Bertz CT molecular complexity index is 161. The van der Waals surface area contributed by atoms with E-state index in [1.165, 1.54) is 19.3 Å². The van der Waals surface area contributed by atoms with Gasteiger partial charge in [0.25, 0.3) is 0 Å². The molecule has 0 saturated heterocycles. The third-order valence-corrected chi connectivity index (χ3v) is 3.85. The molecule has 0 aromatic rings. The van der Waals surface area contributed by atoms with Crippen LogP contribution < -0.4 is 5.73 Å². The Morgan fingerprint density at radius 2 is 2.08 bits per heavy atom. The van der Waals surface area contributed by atoms with Gasteiger partial charge in [0.15, 0.2) is 0 Å². The smallest absolute Gasteiger partial charge is 0.0462 e. The molecule has 2 aliphatic rings. The van der Waals surface area contributed by atoms with Crippen LogP contribution in [-0.4, -0.2) is 19.8 Å². The van der Waals surface area contributed by atoms with Gasteiger partial charge in [0.05, 0.1) is 0 Å². The largest absolute Gasteiger partial charge is 0.385 e. The highest BCUT2D eigenvalue weighted by Gasteiger charge is 2.54. The molecule has 0 spiro atoms. The Morgan fingerprint density at radius 1 is 1.38 bits per heavy atom. The van der Waals surface area contributed by atoms with E-state index in [4.69, 9.17) is 10.5 Å².